The quantitative estimate of drug-likeness (QED) is 0.781. The van der Waals surface area contributed by atoms with Gasteiger partial charge in [-0.1, -0.05) is 23.7 Å². The van der Waals surface area contributed by atoms with Gasteiger partial charge in [-0.3, -0.25) is 0 Å². The van der Waals surface area contributed by atoms with Crippen molar-refractivity contribution in [1.29, 1.82) is 0 Å². The lowest BCUT2D eigenvalue weighted by atomic mass is 10.0. The van der Waals surface area contributed by atoms with E-state index in [0.717, 1.165) is 22.3 Å². The summed E-state index contributed by atoms with van der Waals surface area (Å²) in [7, 11) is 0. The highest BCUT2D eigenvalue weighted by Gasteiger charge is 2.19. The van der Waals surface area contributed by atoms with Crippen molar-refractivity contribution in [2.45, 2.75) is 6.04 Å². The molecular weight excluding hydrogens is 290 g/mol. The lowest BCUT2D eigenvalue weighted by Gasteiger charge is -2.09. The van der Waals surface area contributed by atoms with Crippen molar-refractivity contribution in [3.63, 3.8) is 0 Å². The number of hydrogen-bond acceptors (Lipinski definition) is 4. The number of benzene rings is 2. The highest BCUT2D eigenvalue weighted by molar-refractivity contribution is 6.35. The molecule has 21 heavy (non-hydrogen) atoms. The highest BCUT2D eigenvalue weighted by atomic mass is 35.5. The van der Waals surface area contributed by atoms with Crippen LogP contribution in [0.3, 0.4) is 0 Å². The summed E-state index contributed by atoms with van der Waals surface area (Å²) in [6.45, 7) is 0.244. The van der Waals surface area contributed by atoms with E-state index in [1.807, 2.05) is 42.5 Å². The van der Waals surface area contributed by atoms with E-state index >= 15 is 0 Å². The van der Waals surface area contributed by atoms with Crippen molar-refractivity contribution in [3.8, 4) is 11.5 Å². The number of nitrogens with two attached hydrogens (primary N) is 1. The minimum absolute atomic E-state index is 0.244. The second-order valence-electron chi connectivity index (χ2n) is 4.89. The molecule has 4 nitrogen and oxygen atoms in total. The third kappa shape index (κ3) is 2.04. The topological polar surface area (TPSA) is 57.6 Å². The molecule has 1 unspecified atom stereocenters. The highest BCUT2D eigenvalue weighted by Crippen LogP contribution is 2.36. The van der Waals surface area contributed by atoms with Crippen molar-refractivity contribution < 1.29 is 13.9 Å². The van der Waals surface area contributed by atoms with Crippen molar-refractivity contribution >= 4 is 22.6 Å². The molecule has 0 fully saturated rings. The molecule has 2 N–H and O–H groups in total. The standard InChI is InChI=1S/C16H12ClNO3/c17-11-2-1-3-12-10(11)7-15(21-12)16(18)9-4-5-13-14(6-9)20-8-19-13/h1-7,16H,8,18H2. The summed E-state index contributed by atoms with van der Waals surface area (Å²) in [5.41, 5.74) is 7.92. The molecular formula is C16H12ClNO3. The van der Waals surface area contributed by atoms with Crippen LogP contribution in [0.1, 0.15) is 17.4 Å². The van der Waals surface area contributed by atoms with E-state index in [-0.39, 0.29) is 12.8 Å². The van der Waals surface area contributed by atoms with Gasteiger partial charge in [0.1, 0.15) is 11.3 Å². The summed E-state index contributed by atoms with van der Waals surface area (Å²) in [6.07, 6.45) is 0. The fraction of sp³-hybridized carbons (Fsp3) is 0.125. The summed E-state index contributed by atoms with van der Waals surface area (Å²) in [5.74, 6) is 2.10. The smallest absolute Gasteiger partial charge is 0.231 e. The van der Waals surface area contributed by atoms with Crippen LogP contribution in [0.25, 0.3) is 11.0 Å². The fourth-order valence-electron chi connectivity index (χ4n) is 2.47. The van der Waals surface area contributed by atoms with Gasteiger partial charge in [-0.25, -0.2) is 0 Å². The van der Waals surface area contributed by atoms with Crippen LogP contribution in [0, 0.1) is 0 Å². The molecule has 1 aliphatic heterocycles. The Morgan fingerprint density at radius 1 is 1.05 bits per heavy atom. The molecule has 1 aliphatic rings. The first-order valence-electron chi connectivity index (χ1n) is 6.55. The molecule has 2 heterocycles. The monoisotopic (exact) mass is 301 g/mol. The van der Waals surface area contributed by atoms with E-state index in [9.17, 15) is 0 Å². The minimum Gasteiger partial charge on any atom is -0.459 e. The Kier molecular flexibility index (Phi) is 2.80. The van der Waals surface area contributed by atoms with Gasteiger partial charge >= 0.3 is 0 Å². The predicted molar refractivity (Wildman–Crippen MR) is 79.8 cm³/mol. The third-order valence-electron chi connectivity index (χ3n) is 3.59. The van der Waals surface area contributed by atoms with Gasteiger partial charge in [0.2, 0.25) is 6.79 Å². The van der Waals surface area contributed by atoms with Gasteiger partial charge in [-0.05, 0) is 35.9 Å². The first-order chi connectivity index (χ1) is 10.2. The van der Waals surface area contributed by atoms with E-state index in [1.54, 1.807) is 0 Å². The average Bonchev–Trinajstić information content (AvgIpc) is 3.12. The van der Waals surface area contributed by atoms with Gasteiger partial charge in [-0.15, -0.1) is 0 Å². The van der Waals surface area contributed by atoms with Gasteiger partial charge in [0, 0.05) is 5.39 Å². The van der Waals surface area contributed by atoms with Crippen molar-refractivity contribution in [3.05, 3.63) is 58.8 Å². The van der Waals surface area contributed by atoms with E-state index in [2.05, 4.69) is 0 Å². The molecule has 4 rings (SSSR count). The third-order valence-corrected chi connectivity index (χ3v) is 3.92. The zero-order chi connectivity index (χ0) is 14.4. The summed E-state index contributed by atoms with van der Waals surface area (Å²) in [6, 6.07) is 12.7. The van der Waals surface area contributed by atoms with Crippen LogP contribution in [0.2, 0.25) is 5.02 Å². The number of halogens is 1. The zero-order valence-corrected chi connectivity index (χ0v) is 11.8. The Morgan fingerprint density at radius 3 is 2.76 bits per heavy atom. The van der Waals surface area contributed by atoms with Crippen LogP contribution in [-0.4, -0.2) is 6.79 Å². The summed E-state index contributed by atoms with van der Waals surface area (Å²) < 4.78 is 16.5. The Labute approximate surface area is 126 Å². The molecule has 1 aromatic heterocycles. The van der Waals surface area contributed by atoms with E-state index < -0.39 is 0 Å². The van der Waals surface area contributed by atoms with E-state index in [1.165, 1.54) is 0 Å². The molecule has 3 aromatic rings. The lowest BCUT2D eigenvalue weighted by molar-refractivity contribution is 0.174. The molecule has 0 aliphatic carbocycles. The zero-order valence-electron chi connectivity index (χ0n) is 11.0. The van der Waals surface area contributed by atoms with Crippen molar-refractivity contribution in [2.24, 2.45) is 5.73 Å². The number of fused-ring (bicyclic) bond motifs is 2. The van der Waals surface area contributed by atoms with Gasteiger partial charge in [0.05, 0.1) is 11.1 Å². The number of ether oxygens (including phenoxy) is 2. The Hall–Kier alpha value is -2.17. The van der Waals surface area contributed by atoms with Crippen LogP contribution in [0.15, 0.2) is 46.9 Å². The maximum atomic E-state index is 6.29. The molecule has 2 aromatic carbocycles. The van der Waals surface area contributed by atoms with E-state index in [0.29, 0.717) is 16.5 Å². The molecule has 0 bridgehead atoms. The molecule has 0 spiro atoms. The molecule has 0 radical (unpaired) electrons. The number of furan rings is 1. The van der Waals surface area contributed by atoms with Crippen molar-refractivity contribution in [1.82, 2.24) is 0 Å². The number of rotatable bonds is 2. The van der Waals surface area contributed by atoms with Gasteiger partial charge in [0.15, 0.2) is 11.5 Å². The fourth-order valence-corrected chi connectivity index (χ4v) is 2.69. The summed E-state index contributed by atoms with van der Waals surface area (Å²) in [4.78, 5) is 0. The van der Waals surface area contributed by atoms with E-state index in [4.69, 9.17) is 31.2 Å². The molecule has 5 heteroatoms. The average molecular weight is 302 g/mol. The Morgan fingerprint density at radius 2 is 1.90 bits per heavy atom. The van der Waals surface area contributed by atoms with Gasteiger partial charge in [0.25, 0.3) is 0 Å². The number of hydrogen-bond donors (Lipinski definition) is 1. The van der Waals surface area contributed by atoms with Crippen LogP contribution in [-0.2, 0) is 0 Å². The summed E-state index contributed by atoms with van der Waals surface area (Å²) >= 11 is 6.16. The van der Waals surface area contributed by atoms with Crippen LogP contribution >= 0.6 is 11.6 Å². The second-order valence-corrected chi connectivity index (χ2v) is 5.30. The normalized spacial score (nSPS) is 14.6. The maximum absolute atomic E-state index is 6.29. The second kappa shape index (κ2) is 4.69. The predicted octanol–water partition coefficient (Wildman–Crippen LogP) is 3.86. The van der Waals surface area contributed by atoms with Crippen LogP contribution < -0.4 is 15.2 Å². The maximum Gasteiger partial charge on any atom is 0.231 e. The summed E-state index contributed by atoms with van der Waals surface area (Å²) in [5, 5.41) is 1.52. The van der Waals surface area contributed by atoms with Gasteiger partial charge in [-0.2, -0.15) is 0 Å². The Bertz CT molecular complexity index is 828. The molecule has 106 valence electrons. The molecule has 0 saturated carbocycles. The minimum atomic E-state index is -0.386. The Balaban J connectivity index is 1.75. The van der Waals surface area contributed by atoms with Crippen molar-refractivity contribution in [2.75, 3.05) is 6.79 Å². The lowest BCUT2D eigenvalue weighted by Crippen LogP contribution is -2.10. The van der Waals surface area contributed by atoms with Crippen LogP contribution in [0.5, 0.6) is 11.5 Å². The SMILES string of the molecule is NC(c1ccc2c(c1)OCO2)c1cc2c(Cl)cccc2o1. The largest absolute Gasteiger partial charge is 0.459 e. The molecule has 0 saturated heterocycles. The van der Waals surface area contributed by atoms with Crippen LogP contribution in [0.4, 0.5) is 0 Å². The van der Waals surface area contributed by atoms with Gasteiger partial charge < -0.3 is 19.6 Å². The molecule has 1 atom stereocenters. The first kappa shape index (κ1) is 12.6. The first-order valence-corrected chi connectivity index (χ1v) is 6.93. The molecule has 0 amide bonds.